The zero-order valence-corrected chi connectivity index (χ0v) is 9.93. The van der Waals surface area contributed by atoms with Gasteiger partial charge in [0.25, 0.3) is 5.91 Å². The molecule has 6 nitrogen and oxygen atoms in total. The Morgan fingerprint density at radius 3 is 2.56 bits per heavy atom. The van der Waals surface area contributed by atoms with Crippen LogP contribution >= 0.6 is 0 Å². The maximum atomic E-state index is 11.5. The average molecular weight is 248 g/mol. The number of hydrogen-bond donors (Lipinski definition) is 2. The molecule has 1 amide bonds. The Bertz CT molecular complexity index is 598. The van der Waals surface area contributed by atoms with Crippen molar-refractivity contribution in [2.45, 2.75) is 0 Å². The predicted molar refractivity (Wildman–Crippen MR) is 64.1 cm³/mol. The van der Waals surface area contributed by atoms with Crippen LogP contribution in [-0.2, 0) is 0 Å². The quantitative estimate of drug-likeness (QED) is 0.633. The zero-order valence-electron chi connectivity index (χ0n) is 9.93. The number of amides is 1. The van der Waals surface area contributed by atoms with Crippen LogP contribution in [0, 0.1) is 0 Å². The number of carbonyl (C=O) groups excluding carboxylic acids is 1. The van der Waals surface area contributed by atoms with Gasteiger partial charge in [0.1, 0.15) is 5.69 Å². The van der Waals surface area contributed by atoms with Crippen molar-refractivity contribution < 1.29 is 19.5 Å². The van der Waals surface area contributed by atoms with Crippen molar-refractivity contribution in [1.29, 1.82) is 0 Å². The van der Waals surface area contributed by atoms with E-state index in [1.54, 1.807) is 23.7 Å². The number of methoxy groups -OCH3 is 2. The van der Waals surface area contributed by atoms with Gasteiger partial charge in [0.15, 0.2) is 11.5 Å². The molecule has 0 fully saturated rings. The van der Waals surface area contributed by atoms with Gasteiger partial charge in [-0.1, -0.05) is 0 Å². The van der Waals surface area contributed by atoms with E-state index >= 15 is 0 Å². The van der Waals surface area contributed by atoms with Crippen LogP contribution < -0.4 is 15.0 Å². The highest BCUT2D eigenvalue weighted by atomic mass is 16.5. The highest BCUT2D eigenvalue weighted by Gasteiger charge is 2.14. The second kappa shape index (κ2) is 4.89. The molecule has 94 valence electrons. The number of hydrogen-bond acceptors (Lipinski definition) is 5. The Kier molecular flexibility index (Phi) is 3.29. The number of rotatable bonds is 3. The molecule has 0 bridgehead atoms. The lowest BCUT2D eigenvalue weighted by Gasteiger charge is -2.10. The van der Waals surface area contributed by atoms with Crippen molar-refractivity contribution in [1.82, 2.24) is 10.5 Å². The van der Waals surface area contributed by atoms with Gasteiger partial charge in [-0.15, -0.1) is 0 Å². The first-order valence-electron chi connectivity index (χ1n) is 5.16. The highest BCUT2D eigenvalue weighted by molar-refractivity contribution is 6.05. The van der Waals surface area contributed by atoms with E-state index in [-0.39, 0.29) is 5.69 Å². The molecule has 2 rings (SSSR count). The summed E-state index contributed by atoms with van der Waals surface area (Å²) in [6.07, 6.45) is 1.48. The highest BCUT2D eigenvalue weighted by Crippen LogP contribution is 2.32. The van der Waals surface area contributed by atoms with Crippen LogP contribution in [0.1, 0.15) is 10.5 Å². The molecule has 0 radical (unpaired) electrons. The molecule has 2 N–H and O–H groups in total. The number of nitrogens with zero attached hydrogens (tertiary/aromatic N) is 1. The fourth-order valence-electron chi connectivity index (χ4n) is 1.73. The van der Waals surface area contributed by atoms with Crippen LogP contribution in [0.4, 0.5) is 0 Å². The van der Waals surface area contributed by atoms with E-state index in [4.69, 9.17) is 14.7 Å². The molecule has 2 aromatic rings. The largest absolute Gasteiger partial charge is 0.493 e. The standard InChI is InChI=1S/C12H12N2O4/c1-17-9-5-7-3-4-13-11(12(15)14-16)8(7)6-10(9)18-2/h3-6,16H,1-2H3,(H,14,15). The molecule has 6 heteroatoms. The summed E-state index contributed by atoms with van der Waals surface area (Å²) in [4.78, 5) is 15.4. The zero-order chi connectivity index (χ0) is 13.1. The van der Waals surface area contributed by atoms with Crippen molar-refractivity contribution in [2.75, 3.05) is 14.2 Å². The fraction of sp³-hybridized carbons (Fsp3) is 0.167. The Morgan fingerprint density at radius 2 is 1.94 bits per heavy atom. The predicted octanol–water partition coefficient (Wildman–Crippen LogP) is 1.37. The van der Waals surface area contributed by atoms with Gasteiger partial charge in [-0.25, -0.2) is 5.48 Å². The number of fused-ring (bicyclic) bond motifs is 1. The molecule has 0 atom stereocenters. The molecule has 0 aliphatic heterocycles. The second-order valence-electron chi connectivity index (χ2n) is 3.53. The van der Waals surface area contributed by atoms with E-state index in [1.807, 2.05) is 0 Å². The number of nitrogens with one attached hydrogen (secondary N) is 1. The second-order valence-corrected chi connectivity index (χ2v) is 3.53. The average Bonchev–Trinajstić information content (AvgIpc) is 2.44. The molecule has 0 saturated carbocycles. The van der Waals surface area contributed by atoms with Crippen LogP contribution in [0.25, 0.3) is 10.8 Å². The van der Waals surface area contributed by atoms with Crippen molar-refractivity contribution in [3.05, 3.63) is 30.1 Å². The lowest BCUT2D eigenvalue weighted by Crippen LogP contribution is -2.20. The van der Waals surface area contributed by atoms with E-state index in [2.05, 4.69) is 4.98 Å². The summed E-state index contributed by atoms with van der Waals surface area (Å²) in [6.45, 7) is 0. The molecule has 18 heavy (non-hydrogen) atoms. The summed E-state index contributed by atoms with van der Waals surface area (Å²) < 4.78 is 10.3. The molecule has 0 unspecified atom stereocenters. The maximum absolute atomic E-state index is 11.5. The topological polar surface area (TPSA) is 80.7 Å². The summed E-state index contributed by atoms with van der Waals surface area (Å²) in [5.74, 6) is 0.379. The summed E-state index contributed by atoms with van der Waals surface area (Å²) in [5, 5.41) is 10.0. The third-order valence-electron chi connectivity index (χ3n) is 2.59. The van der Waals surface area contributed by atoms with E-state index < -0.39 is 5.91 Å². The molecule has 0 saturated heterocycles. The summed E-state index contributed by atoms with van der Waals surface area (Å²) in [5.41, 5.74) is 1.69. The van der Waals surface area contributed by atoms with E-state index in [0.717, 1.165) is 5.39 Å². The number of pyridine rings is 1. The molecule has 0 aliphatic rings. The van der Waals surface area contributed by atoms with Crippen LogP contribution in [0.2, 0.25) is 0 Å². The van der Waals surface area contributed by atoms with Gasteiger partial charge < -0.3 is 9.47 Å². The Hall–Kier alpha value is -2.34. The number of aromatic nitrogens is 1. The number of carbonyl (C=O) groups is 1. The molecule has 1 aromatic heterocycles. The maximum Gasteiger partial charge on any atom is 0.293 e. The third kappa shape index (κ3) is 1.93. The van der Waals surface area contributed by atoms with Crippen LogP contribution in [0.3, 0.4) is 0 Å². The smallest absolute Gasteiger partial charge is 0.293 e. The molecule has 0 spiro atoms. The van der Waals surface area contributed by atoms with Gasteiger partial charge in [-0.3, -0.25) is 15.0 Å². The first kappa shape index (κ1) is 12.1. The Morgan fingerprint density at radius 1 is 1.28 bits per heavy atom. The minimum absolute atomic E-state index is 0.121. The van der Waals surface area contributed by atoms with Gasteiger partial charge >= 0.3 is 0 Å². The van der Waals surface area contributed by atoms with E-state index in [9.17, 15) is 4.79 Å². The lowest BCUT2D eigenvalue weighted by atomic mass is 10.1. The summed E-state index contributed by atoms with van der Waals surface area (Å²) >= 11 is 0. The lowest BCUT2D eigenvalue weighted by molar-refractivity contribution is 0.0703. The first-order chi connectivity index (χ1) is 8.71. The minimum Gasteiger partial charge on any atom is -0.493 e. The molecule has 1 aromatic carbocycles. The van der Waals surface area contributed by atoms with Gasteiger partial charge in [-0.05, 0) is 23.6 Å². The molecule has 0 aliphatic carbocycles. The number of ether oxygens (including phenoxy) is 2. The number of benzene rings is 1. The van der Waals surface area contributed by atoms with Crippen LogP contribution in [-0.4, -0.2) is 30.3 Å². The van der Waals surface area contributed by atoms with Gasteiger partial charge in [0, 0.05) is 11.6 Å². The van der Waals surface area contributed by atoms with E-state index in [0.29, 0.717) is 16.9 Å². The summed E-state index contributed by atoms with van der Waals surface area (Å²) in [6, 6.07) is 5.13. The molecular weight excluding hydrogens is 236 g/mol. The van der Waals surface area contributed by atoms with Crippen LogP contribution in [0.15, 0.2) is 24.4 Å². The fourth-order valence-corrected chi connectivity index (χ4v) is 1.73. The normalized spacial score (nSPS) is 10.2. The van der Waals surface area contributed by atoms with Crippen molar-refractivity contribution in [3.8, 4) is 11.5 Å². The van der Waals surface area contributed by atoms with Gasteiger partial charge in [-0.2, -0.15) is 0 Å². The Balaban J connectivity index is 2.72. The van der Waals surface area contributed by atoms with Crippen molar-refractivity contribution in [3.63, 3.8) is 0 Å². The van der Waals surface area contributed by atoms with Gasteiger partial charge in [0.05, 0.1) is 14.2 Å². The third-order valence-corrected chi connectivity index (χ3v) is 2.59. The van der Waals surface area contributed by atoms with Crippen LogP contribution in [0.5, 0.6) is 11.5 Å². The van der Waals surface area contributed by atoms with Crippen molar-refractivity contribution in [2.24, 2.45) is 0 Å². The molecule has 1 heterocycles. The minimum atomic E-state index is -0.673. The first-order valence-corrected chi connectivity index (χ1v) is 5.16. The SMILES string of the molecule is COc1cc2ccnc(C(=O)NO)c2cc1OC. The monoisotopic (exact) mass is 248 g/mol. The molecular formula is C12H12N2O4. The Labute approximate surface area is 103 Å². The van der Waals surface area contributed by atoms with E-state index in [1.165, 1.54) is 20.4 Å². The number of hydroxylamine groups is 1. The summed E-state index contributed by atoms with van der Waals surface area (Å²) in [7, 11) is 3.04. The van der Waals surface area contributed by atoms with Crippen molar-refractivity contribution >= 4 is 16.7 Å². The van der Waals surface area contributed by atoms with Gasteiger partial charge in [0.2, 0.25) is 0 Å².